The molecule has 0 spiro atoms. The number of aromatic nitrogens is 7. The minimum Gasteiger partial charge on any atom is -0.491 e. The Balaban J connectivity index is 1.39. The summed E-state index contributed by atoms with van der Waals surface area (Å²) in [4.78, 5) is 23.3. The number of hydrogen-bond acceptors (Lipinski definition) is 7. The molecule has 0 bridgehead atoms. The molecular formula is C27H23FN8O. The Kier molecular flexibility index (Phi) is 5.78. The Bertz CT molecular complexity index is 1720. The van der Waals surface area contributed by atoms with E-state index in [2.05, 4.69) is 35.0 Å². The first kappa shape index (κ1) is 22.7. The second-order valence-corrected chi connectivity index (χ2v) is 8.87. The highest BCUT2D eigenvalue weighted by atomic mass is 19.1. The van der Waals surface area contributed by atoms with Gasteiger partial charge in [-0.3, -0.25) is 10.1 Å². The molecule has 0 aliphatic carbocycles. The van der Waals surface area contributed by atoms with Crippen LogP contribution in [0.4, 0.5) is 4.39 Å². The highest BCUT2D eigenvalue weighted by molar-refractivity contribution is 5.96. The Morgan fingerprint density at radius 2 is 1.81 bits per heavy atom. The maximum absolute atomic E-state index is 14.5. The van der Waals surface area contributed by atoms with E-state index in [0.717, 1.165) is 23.1 Å². The van der Waals surface area contributed by atoms with Gasteiger partial charge in [0.25, 0.3) is 0 Å². The molecule has 0 aliphatic rings. The fourth-order valence-electron chi connectivity index (χ4n) is 4.16. The first-order chi connectivity index (χ1) is 18.1. The molecule has 0 atom stereocenters. The van der Waals surface area contributed by atoms with E-state index in [1.807, 2.05) is 26.2 Å². The lowest BCUT2D eigenvalue weighted by molar-refractivity contribution is 0.261. The van der Waals surface area contributed by atoms with Gasteiger partial charge in [-0.05, 0) is 38.4 Å². The number of imidazole rings is 1. The van der Waals surface area contributed by atoms with Crippen molar-refractivity contribution in [3.05, 3.63) is 73.1 Å². The van der Waals surface area contributed by atoms with Crippen LogP contribution in [0.25, 0.3) is 56.0 Å². The van der Waals surface area contributed by atoms with Crippen LogP contribution in [0.5, 0.6) is 5.75 Å². The minimum atomic E-state index is -0.319. The summed E-state index contributed by atoms with van der Waals surface area (Å²) in [7, 11) is 4.00. The summed E-state index contributed by atoms with van der Waals surface area (Å²) in [5.41, 5.74) is 5.17. The molecule has 1 aromatic carbocycles. The number of hydrogen-bond donors (Lipinski definition) is 2. The van der Waals surface area contributed by atoms with Crippen LogP contribution in [0.2, 0.25) is 0 Å². The number of nitrogens with zero attached hydrogens (tertiary/aromatic N) is 6. The molecule has 37 heavy (non-hydrogen) atoms. The molecule has 0 saturated carbocycles. The van der Waals surface area contributed by atoms with Crippen molar-refractivity contribution in [2.75, 3.05) is 27.2 Å². The van der Waals surface area contributed by atoms with Gasteiger partial charge in [0.15, 0.2) is 17.1 Å². The van der Waals surface area contributed by atoms with Gasteiger partial charge in [-0.2, -0.15) is 5.10 Å². The number of pyridine rings is 3. The summed E-state index contributed by atoms with van der Waals surface area (Å²) in [5, 5.41) is 8.21. The van der Waals surface area contributed by atoms with Crippen LogP contribution in [0.15, 0.2) is 67.3 Å². The van der Waals surface area contributed by atoms with Gasteiger partial charge in [-0.1, -0.05) is 18.2 Å². The van der Waals surface area contributed by atoms with Crippen LogP contribution >= 0.6 is 0 Å². The second-order valence-electron chi connectivity index (χ2n) is 8.87. The average Bonchev–Trinajstić information content (AvgIpc) is 3.52. The lowest BCUT2D eigenvalue weighted by atomic mass is 10.1. The average molecular weight is 495 g/mol. The zero-order valence-corrected chi connectivity index (χ0v) is 20.2. The molecule has 9 nitrogen and oxygen atoms in total. The van der Waals surface area contributed by atoms with Crippen LogP contribution in [-0.2, 0) is 0 Å². The van der Waals surface area contributed by atoms with Gasteiger partial charge in [0, 0.05) is 47.4 Å². The molecular weight excluding hydrogens is 471 g/mol. The number of aromatic amines is 2. The summed E-state index contributed by atoms with van der Waals surface area (Å²) >= 11 is 0. The predicted molar refractivity (Wildman–Crippen MR) is 139 cm³/mol. The molecule has 0 radical (unpaired) electrons. The molecule has 5 heterocycles. The molecule has 0 aliphatic heterocycles. The molecule has 0 fully saturated rings. The first-order valence-corrected chi connectivity index (χ1v) is 11.7. The number of H-pyrrole nitrogens is 2. The lowest BCUT2D eigenvalue weighted by Gasteiger charge is -2.11. The van der Waals surface area contributed by atoms with Crippen molar-refractivity contribution >= 4 is 22.2 Å². The standard InChI is InChI=1S/C27H23FN8O/c1-36(2)9-10-37-18-11-16(13-29-15-18)17-12-21-24(34-35-25(21)31-14-17)27-32-23-20(7-8-30-26(23)33-27)19-5-3-4-6-22(19)28/h3-8,11-15H,9-10H2,1-2H3,(H,30,32,33)(H,31,34,35). The van der Waals surface area contributed by atoms with Gasteiger partial charge >= 0.3 is 0 Å². The van der Waals surface area contributed by atoms with E-state index in [9.17, 15) is 4.39 Å². The molecule has 2 N–H and O–H groups in total. The Morgan fingerprint density at radius 1 is 0.946 bits per heavy atom. The largest absolute Gasteiger partial charge is 0.491 e. The van der Waals surface area contributed by atoms with Gasteiger partial charge in [0.2, 0.25) is 0 Å². The zero-order valence-electron chi connectivity index (χ0n) is 20.2. The highest BCUT2D eigenvalue weighted by Crippen LogP contribution is 2.33. The molecule has 0 unspecified atom stereocenters. The van der Waals surface area contributed by atoms with E-state index in [-0.39, 0.29) is 5.82 Å². The molecule has 0 saturated heterocycles. The Labute approximate surface area is 211 Å². The number of nitrogens with one attached hydrogen (secondary N) is 2. The molecule has 0 amide bonds. The number of likely N-dealkylation sites (N-methyl/N-ethyl adjacent to an activating group) is 1. The number of benzene rings is 1. The fraction of sp³-hybridized carbons (Fsp3) is 0.148. The zero-order chi connectivity index (χ0) is 25.4. The van der Waals surface area contributed by atoms with Crippen LogP contribution in [0.3, 0.4) is 0 Å². The normalized spacial score (nSPS) is 11.6. The molecule has 5 aromatic heterocycles. The van der Waals surface area contributed by atoms with Gasteiger partial charge in [-0.15, -0.1) is 0 Å². The summed E-state index contributed by atoms with van der Waals surface area (Å²) in [5.74, 6) is 0.881. The van der Waals surface area contributed by atoms with E-state index in [0.29, 0.717) is 51.8 Å². The van der Waals surface area contributed by atoms with Crippen LogP contribution in [0, 0.1) is 5.82 Å². The number of halogens is 1. The first-order valence-electron chi connectivity index (χ1n) is 11.7. The second kappa shape index (κ2) is 9.40. The van der Waals surface area contributed by atoms with Crippen LogP contribution < -0.4 is 4.74 Å². The summed E-state index contributed by atoms with van der Waals surface area (Å²) in [6.45, 7) is 1.37. The highest BCUT2D eigenvalue weighted by Gasteiger charge is 2.18. The van der Waals surface area contributed by atoms with Crippen molar-refractivity contribution in [2.24, 2.45) is 0 Å². The van der Waals surface area contributed by atoms with Gasteiger partial charge in [0.1, 0.15) is 29.4 Å². The summed E-state index contributed by atoms with van der Waals surface area (Å²) < 4.78 is 20.4. The Morgan fingerprint density at radius 3 is 2.68 bits per heavy atom. The smallest absolute Gasteiger partial charge is 0.161 e. The third-order valence-corrected chi connectivity index (χ3v) is 6.04. The monoisotopic (exact) mass is 494 g/mol. The molecule has 6 rings (SSSR count). The van der Waals surface area contributed by atoms with Gasteiger partial charge in [0.05, 0.1) is 11.6 Å². The predicted octanol–water partition coefficient (Wildman–Crippen LogP) is 4.70. The third-order valence-electron chi connectivity index (χ3n) is 6.04. The van der Waals surface area contributed by atoms with E-state index in [1.54, 1.807) is 49.1 Å². The Hall–Kier alpha value is -4.70. The molecule has 10 heteroatoms. The third kappa shape index (κ3) is 4.38. The SMILES string of the molecule is CN(C)CCOc1cncc(-c2cnc3[nH]nc(-c4nc5c(-c6ccccc6F)ccnc5[nH]4)c3c2)c1. The minimum absolute atomic E-state index is 0.319. The van der Waals surface area contributed by atoms with Gasteiger partial charge in [-0.25, -0.2) is 19.3 Å². The number of rotatable bonds is 7. The van der Waals surface area contributed by atoms with Crippen molar-refractivity contribution in [3.63, 3.8) is 0 Å². The van der Waals surface area contributed by atoms with Crippen LogP contribution in [0.1, 0.15) is 0 Å². The van der Waals surface area contributed by atoms with Gasteiger partial charge < -0.3 is 14.6 Å². The van der Waals surface area contributed by atoms with Crippen LogP contribution in [-0.4, -0.2) is 67.3 Å². The van der Waals surface area contributed by atoms with Crippen molar-refractivity contribution < 1.29 is 9.13 Å². The summed E-state index contributed by atoms with van der Waals surface area (Å²) in [6.07, 6.45) is 6.87. The van der Waals surface area contributed by atoms with Crippen molar-refractivity contribution in [3.8, 4) is 39.5 Å². The molecule has 184 valence electrons. The maximum Gasteiger partial charge on any atom is 0.161 e. The fourth-order valence-corrected chi connectivity index (χ4v) is 4.16. The lowest BCUT2D eigenvalue weighted by Crippen LogP contribution is -2.19. The topological polar surface area (TPSA) is 108 Å². The quantitative estimate of drug-likeness (QED) is 0.331. The maximum atomic E-state index is 14.5. The number of fused-ring (bicyclic) bond motifs is 2. The van der Waals surface area contributed by atoms with Crippen molar-refractivity contribution in [1.82, 2.24) is 40.0 Å². The van der Waals surface area contributed by atoms with E-state index < -0.39 is 0 Å². The van der Waals surface area contributed by atoms with E-state index in [1.165, 1.54) is 6.07 Å². The summed E-state index contributed by atoms with van der Waals surface area (Å²) in [6, 6.07) is 12.3. The van der Waals surface area contributed by atoms with E-state index >= 15 is 0 Å². The number of ether oxygens (including phenoxy) is 1. The van der Waals surface area contributed by atoms with Crippen molar-refractivity contribution in [2.45, 2.75) is 0 Å². The van der Waals surface area contributed by atoms with Crippen molar-refractivity contribution in [1.29, 1.82) is 0 Å². The molecule has 6 aromatic rings. The van der Waals surface area contributed by atoms with E-state index in [4.69, 9.17) is 9.72 Å².